The van der Waals surface area contributed by atoms with Gasteiger partial charge in [-0.1, -0.05) is 227 Å². The van der Waals surface area contributed by atoms with Crippen LogP contribution in [0.25, 0.3) is 0 Å². The van der Waals surface area contributed by atoms with E-state index in [0.29, 0.717) is 19.3 Å². The van der Waals surface area contributed by atoms with Gasteiger partial charge in [-0.15, -0.1) is 0 Å². The summed E-state index contributed by atoms with van der Waals surface area (Å²) in [6, 6.07) is 0. The molecule has 0 bridgehead atoms. The van der Waals surface area contributed by atoms with Gasteiger partial charge >= 0.3 is 17.9 Å². The number of esters is 3. The van der Waals surface area contributed by atoms with Crippen molar-refractivity contribution in [3.05, 3.63) is 0 Å². The molecule has 0 aromatic carbocycles. The van der Waals surface area contributed by atoms with Crippen molar-refractivity contribution in [1.29, 1.82) is 0 Å². The van der Waals surface area contributed by atoms with Crippen LogP contribution in [-0.4, -0.2) is 37.2 Å². The van der Waals surface area contributed by atoms with Gasteiger partial charge in [-0.3, -0.25) is 14.4 Å². The Kier molecular flexibility index (Phi) is 40.8. The zero-order chi connectivity index (χ0) is 40.5. The Morgan fingerprint density at radius 1 is 0.345 bits per heavy atom. The number of ether oxygens (including phenoxy) is 3. The first-order valence-electron chi connectivity index (χ1n) is 24.2. The lowest BCUT2D eigenvalue weighted by molar-refractivity contribution is -0.167. The fraction of sp³-hybridized carbons (Fsp3) is 0.939. The zero-order valence-electron chi connectivity index (χ0n) is 37.6. The first kappa shape index (κ1) is 53.4. The summed E-state index contributed by atoms with van der Waals surface area (Å²) in [5.74, 6) is 0.772. The van der Waals surface area contributed by atoms with Gasteiger partial charge in [0, 0.05) is 19.3 Å². The molecule has 0 aromatic heterocycles. The van der Waals surface area contributed by atoms with E-state index in [0.717, 1.165) is 69.6 Å². The number of hydrogen-bond donors (Lipinski definition) is 0. The zero-order valence-corrected chi connectivity index (χ0v) is 37.6. The van der Waals surface area contributed by atoms with Gasteiger partial charge in [-0.25, -0.2) is 0 Å². The van der Waals surface area contributed by atoms with Crippen molar-refractivity contribution in [2.75, 3.05) is 13.2 Å². The van der Waals surface area contributed by atoms with Gasteiger partial charge in [-0.05, 0) is 31.1 Å². The normalized spacial score (nSPS) is 12.1. The molecule has 0 saturated heterocycles. The van der Waals surface area contributed by atoms with Gasteiger partial charge in [0.2, 0.25) is 0 Å². The summed E-state index contributed by atoms with van der Waals surface area (Å²) in [7, 11) is 0. The Morgan fingerprint density at radius 3 is 0.891 bits per heavy atom. The van der Waals surface area contributed by atoms with Crippen LogP contribution in [-0.2, 0) is 28.6 Å². The lowest BCUT2D eigenvalue weighted by atomic mass is 10.0. The van der Waals surface area contributed by atoms with Crippen LogP contribution < -0.4 is 0 Å². The maximum atomic E-state index is 12.7. The third-order valence-corrected chi connectivity index (χ3v) is 11.0. The van der Waals surface area contributed by atoms with Crippen LogP contribution >= 0.6 is 0 Å². The monoisotopic (exact) mass is 779 g/mol. The Hall–Kier alpha value is -1.59. The van der Waals surface area contributed by atoms with Gasteiger partial charge in [0.05, 0.1) is 0 Å². The van der Waals surface area contributed by atoms with E-state index in [1.807, 2.05) is 0 Å². The Bertz CT molecular complexity index is 839. The van der Waals surface area contributed by atoms with E-state index in [2.05, 4.69) is 34.6 Å². The van der Waals surface area contributed by atoms with Crippen LogP contribution in [0.4, 0.5) is 0 Å². The Labute approximate surface area is 342 Å². The molecule has 6 nitrogen and oxygen atoms in total. The van der Waals surface area contributed by atoms with Crippen molar-refractivity contribution >= 4 is 17.9 Å². The average Bonchev–Trinajstić information content (AvgIpc) is 3.15. The van der Waals surface area contributed by atoms with Crippen molar-refractivity contribution in [3.63, 3.8) is 0 Å². The maximum Gasteiger partial charge on any atom is 0.306 e. The van der Waals surface area contributed by atoms with Crippen molar-refractivity contribution in [2.45, 2.75) is 272 Å². The highest BCUT2D eigenvalue weighted by molar-refractivity contribution is 5.71. The third kappa shape index (κ3) is 43.4. The van der Waals surface area contributed by atoms with Crippen molar-refractivity contribution in [2.24, 2.45) is 11.8 Å². The number of rotatable bonds is 43. The maximum absolute atomic E-state index is 12.7. The molecular weight excluding hydrogens is 685 g/mol. The summed E-state index contributed by atoms with van der Waals surface area (Å²) in [6.45, 7) is 11.3. The molecule has 0 aromatic rings. The summed E-state index contributed by atoms with van der Waals surface area (Å²) in [5, 5.41) is 0. The predicted molar refractivity (Wildman–Crippen MR) is 233 cm³/mol. The number of carbonyl (C=O) groups is 3. The van der Waals surface area contributed by atoms with E-state index in [1.54, 1.807) is 0 Å². The van der Waals surface area contributed by atoms with E-state index >= 15 is 0 Å². The molecule has 6 heteroatoms. The SMILES string of the molecule is CCCCCCCCCCCCCC(=O)OC[C@H](COC(=O)CCCCCCCCCCCCCCC(C)C)OC(=O)CCCCCCCCCCC(C)C. The molecule has 0 N–H and O–H groups in total. The topological polar surface area (TPSA) is 78.9 Å². The molecule has 326 valence electrons. The highest BCUT2D eigenvalue weighted by Crippen LogP contribution is 2.17. The van der Waals surface area contributed by atoms with Gasteiger partial charge in [0.15, 0.2) is 6.10 Å². The van der Waals surface area contributed by atoms with E-state index in [9.17, 15) is 14.4 Å². The van der Waals surface area contributed by atoms with Crippen LogP contribution in [0.5, 0.6) is 0 Å². The summed E-state index contributed by atoms with van der Waals surface area (Å²) in [4.78, 5) is 37.8. The molecule has 0 saturated carbocycles. The molecule has 1 atom stereocenters. The van der Waals surface area contributed by atoms with Gasteiger partial charge < -0.3 is 14.2 Å². The highest BCUT2D eigenvalue weighted by atomic mass is 16.6. The molecule has 0 heterocycles. The predicted octanol–water partition coefficient (Wildman–Crippen LogP) is 15.4. The Morgan fingerprint density at radius 2 is 0.600 bits per heavy atom. The molecule has 55 heavy (non-hydrogen) atoms. The highest BCUT2D eigenvalue weighted by Gasteiger charge is 2.19. The largest absolute Gasteiger partial charge is 0.462 e. The van der Waals surface area contributed by atoms with Gasteiger partial charge in [0.25, 0.3) is 0 Å². The van der Waals surface area contributed by atoms with Crippen molar-refractivity contribution < 1.29 is 28.6 Å². The van der Waals surface area contributed by atoms with Crippen LogP contribution in [0.3, 0.4) is 0 Å². The summed E-state index contributed by atoms with van der Waals surface area (Å²) >= 11 is 0. The van der Waals surface area contributed by atoms with Crippen LogP contribution in [0.15, 0.2) is 0 Å². The van der Waals surface area contributed by atoms with Crippen LogP contribution in [0.2, 0.25) is 0 Å². The summed E-state index contributed by atoms with van der Waals surface area (Å²) in [5.41, 5.74) is 0. The quantitative estimate of drug-likeness (QED) is 0.0348. The minimum atomic E-state index is -0.761. The summed E-state index contributed by atoms with van der Waals surface area (Å²) in [6.07, 6.45) is 40.9. The van der Waals surface area contributed by atoms with Gasteiger partial charge in [0.1, 0.15) is 13.2 Å². The van der Waals surface area contributed by atoms with E-state index in [1.165, 1.54) is 154 Å². The van der Waals surface area contributed by atoms with Gasteiger partial charge in [-0.2, -0.15) is 0 Å². The second-order valence-electron chi connectivity index (χ2n) is 17.7. The standard InChI is InChI=1S/C49H94O6/c1-6-7-8-9-10-11-14-18-24-29-34-39-47(50)53-42-46(55-49(52)41-36-31-26-21-20-23-28-33-38-45(4)5)43-54-48(51)40-35-30-25-19-16-13-12-15-17-22-27-32-37-44(2)3/h44-46H,6-43H2,1-5H3/t46-/m1/s1. The fourth-order valence-electron chi connectivity index (χ4n) is 7.28. The third-order valence-electron chi connectivity index (χ3n) is 11.0. The number of unbranched alkanes of at least 4 members (excludes halogenated alkanes) is 28. The second-order valence-corrected chi connectivity index (χ2v) is 17.7. The molecule has 0 fully saturated rings. The van der Waals surface area contributed by atoms with Crippen molar-refractivity contribution in [1.82, 2.24) is 0 Å². The lowest BCUT2D eigenvalue weighted by Crippen LogP contribution is -2.30. The average molecular weight is 779 g/mol. The first-order chi connectivity index (χ1) is 26.7. The minimum Gasteiger partial charge on any atom is -0.462 e. The van der Waals surface area contributed by atoms with E-state index < -0.39 is 6.10 Å². The number of hydrogen-bond acceptors (Lipinski definition) is 6. The van der Waals surface area contributed by atoms with Crippen LogP contribution in [0.1, 0.15) is 266 Å². The molecule has 0 radical (unpaired) electrons. The molecule has 0 aliphatic carbocycles. The van der Waals surface area contributed by atoms with E-state index in [-0.39, 0.29) is 31.1 Å². The molecule has 0 aliphatic rings. The van der Waals surface area contributed by atoms with Crippen molar-refractivity contribution in [3.8, 4) is 0 Å². The molecule has 0 spiro atoms. The Balaban J connectivity index is 4.30. The minimum absolute atomic E-state index is 0.0646. The summed E-state index contributed by atoms with van der Waals surface area (Å²) < 4.78 is 16.7. The fourth-order valence-corrected chi connectivity index (χ4v) is 7.28. The van der Waals surface area contributed by atoms with Crippen LogP contribution in [0, 0.1) is 11.8 Å². The number of carbonyl (C=O) groups excluding carboxylic acids is 3. The molecular formula is C49H94O6. The second kappa shape index (κ2) is 42.0. The van der Waals surface area contributed by atoms with E-state index in [4.69, 9.17) is 14.2 Å². The molecule has 0 amide bonds. The molecule has 0 unspecified atom stereocenters. The smallest absolute Gasteiger partial charge is 0.306 e. The first-order valence-corrected chi connectivity index (χ1v) is 24.2. The molecule has 0 aliphatic heterocycles. The lowest BCUT2D eigenvalue weighted by Gasteiger charge is -2.18. The molecule has 0 rings (SSSR count).